The Hall–Kier alpha value is -2.85. The molecule has 1 atom stereocenters. The Morgan fingerprint density at radius 2 is 1.81 bits per heavy atom. The van der Waals surface area contributed by atoms with Crippen molar-refractivity contribution in [2.75, 3.05) is 27.3 Å². The van der Waals surface area contributed by atoms with E-state index in [9.17, 15) is 18.0 Å². The van der Waals surface area contributed by atoms with Gasteiger partial charge in [0.1, 0.15) is 6.54 Å². The fourth-order valence-corrected chi connectivity index (χ4v) is 4.30. The number of ether oxygens (including phenoxy) is 2. The summed E-state index contributed by atoms with van der Waals surface area (Å²) in [5.74, 6) is 0.960. The van der Waals surface area contributed by atoms with E-state index >= 15 is 0 Å². The van der Waals surface area contributed by atoms with Crippen molar-refractivity contribution in [2.24, 2.45) is 5.92 Å². The number of rotatable bonds is 7. The molecule has 1 aliphatic rings. The van der Waals surface area contributed by atoms with Crippen molar-refractivity contribution in [1.82, 2.24) is 14.2 Å². The van der Waals surface area contributed by atoms with Crippen LogP contribution in [0.4, 0.5) is 0 Å². The number of hydrogen-bond acceptors (Lipinski definition) is 6. The zero-order chi connectivity index (χ0) is 23.5. The molecule has 10 heteroatoms. The van der Waals surface area contributed by atoms with E-state index in [0.29, 0.717) is 24.7 Å². The summed E-state index contributed by atoms with van der Waals surface area (Å²) in [6.45, 7) is 4.80. The number of fused-ring (bicyclic) bond motifs is 1. The summed E-state index contributed by atoms with van der Waals surface area (Å²) in [6, 6.07) is 7.63. The summed E-state index contributed by atoms with van der Waals surface area (Å²) < 4.78 is 38.3. The zero-order valence-corrected chi connectivity index (χ0v) is 19.5. The predicted octanol–water partition coefficient (Wildman–Crippen LogP) is 1.77. The highest BCUT2D eigenvalue weighted by Gasteiger charge is 2.22. The van der Waals surface area contributed by atoms with E-state index in [1.165, 1.54) is 26.4 Å². The zero-order valence-electron chi connectivity index (χ0n) is 18.7. The van der Waals surface area contributed by atoms with E-state index in [-0.39, 0.29) is 23.4 Å². The molecule has 0 saturated carbocycles. The average Bonchev–Trinajstić information content (AvgIpc) is 2.98. The monoisotopic (exact) mass is 463 g/mol. The third-order valence-electron chi connectivity index (χ3n) is 5.16. The highest BCUT2D eigenvalue weighted by Crippen LogP contribution is 2.34. The van der Waals surface area contributed by atoms with Gasteiger partial charge >= 0.3 is 0 Å². The molecule has 1 aromatic heterocycles. The Bertz CT molecular complexity index is 1140. The van der Waals surface area contributed by atoms with Crippen molar-refractivity contribution < 1.29 is 22.7 Å². The molecule has 1 N–H and O–H groups in total. The smallest absolute Gasteiger partial charge is 0.251 e. The minimum Gasteiger partial charge on any atom is -0.490 e. The molecule has 0 saturated heterocycles. The molecule has 2 heterocycles. The minimum atomic E-state index is -3.73. The minimum absolute atomic E-state index is 0.0564. The van der Waals surface area contributed by atoms with Gasteiger partial charge in [-0.2, -0.15) is 0 Å². The first-order chi connectivity index (χ1) is 15.1. The lowest BCUT2D eigenvalue weighted by atomic mass is 9.95. The molecular weight excluding hydrogens is 434 g/mol. The van der Waals surface area contributed by atoms with Gasteiger partial charge in [0.05, 0.1) is 24.2 Å². The molecule has 0 radical (unpaired) electrons. The van der Waals surface area contributed by atoms with E-state index in [1.54, 1.807) is 0 Å². The Balaban J connectivity index is 1.81. The molecule has 0 fully saturated rings. The van der Waals surface area contributed by atoms with Crippen LogP contribution in [0.2, 0.25) is 0 Å². The average molecular weight is 464 g/mol. The first-order valence-corrected chi connectivity index (χ1v) is 11.9. The van der Waals surface area contributed by atoms with Gasteiger partial charge in [0.2, 0.25) is 15.9 Å². The standard InChI is InChI=1S/C22H29N3O6S/c1-15(2)22(16-6-8-18-19(12-16)31-11-5-10-30-18)23-20(26)14-25-13-17(7-9-21(25)27)32(28,29)24(3)4/h6-9,12-13,15,22H,5,10-11,14H2,1-4H3,(H,23,26). The number of amides is 1. The van der Waals surface area contributed by atoms with Gasteiger partial charge < -0.3 is 19.4 Å². The molecule has 1 unspecified atom stereocenters. The number of nitrogens with one attached hydrogen (secondary N) is 1. The van der Waals surface area contributed by atoms with Crippen LogP contribution < -0.4 is 20.3 Å². The number of sulfonamides is 1. The van der Waals surface area contributed by atoms with Crippen molar-refractivity contribution in [1.29, 1.82) is 0 Å². The summed E-state index contributed by atoms with van der Waals surface area (Å²) in [4.78, 5) is 25.0. The van der Waals surface area contributed by atoms with Gasteiger partial charge in [-0.15, -0.1) is 0 Å². The Labute approximate surface area is 188 Å². The van der Waals surface area contributed by atoms with Crippen LogP contribution in [0.3, 0.4) is 0 Å². The fourth-order valence-electron chi connectivity index (χ4n) is 3.38. The maximum Gasteiger partial charge on any atom is 0.251 e. The van der Waals surface area contributed by atoms with E-state index in [1.807, 2.05) is 32.0 Å². The third kappa shape index (κ3) is 5.31. The second-order valence-electron chi connectivity index (χ2n) is 8.16. The number of hydrogen-bond donors (Lipinski definition) is 1. The summed E-state index contributed by atoms with van der Waals surface area (Å²) in [6.07, 6.45) is 1.99. The van der Waals surface area contributed by atoms with Gasteiger partial charge in [-0.05, 0) is 29.7 Å². The molecule has 1 amide bonds. The van der Waals surface area contributed by atoms with Crippen LogP contribution in [0.5, 0.6) is 11.5 Å². The molecule has 1 aliphatic heterocycles. The number of benzene rings is 1. The highest BCUT2D eigenvalue weighted by atomic mass is 32.2. The number of carbonyl (C=O) groups is 1. The van der Waals surface area contributed by atoms with Gasteiger partial charge in [-0.25, -0.2) is 12.7 Å². The SMILES string of the molecule is CC(C)C(NC(=O)Cn1cc(S(=O)(=O)N(C)C)ccc1=O)c1ccc2c(c1)OCCCO2. The van der Waals surface area contributed by atoms with Crippen LogP contribution >= 0.6 is 0 Å². The quantitative estimate of drug-likeness (QED) is 0.671. The van der Waals surface area contributed by atoms with Gasteiger partial charge in [-0.1, -0.05) is 19.9 Å². The van der Waals surface area contributed by atoms with Crippen LogP contribution in [0.15, 0.2) is 46.2 Å². The fraction of sp³-hybridized carbons (Fsp3) is 0.455. The Kier molecular flexibility index (Phi) is 7.25. The van der Waals surface area contributed by atoms with Crippen LogP contribution in [0.1, 0.15) is 31.9 Å². The van der Waals surface area contributed by atoms with Crippen molar-refractivity contribution >= 4 is 15.9 Å². The first-order valence-electron chi connectivity index (χ1n) is 10.4. The third-order valence-corrected chi connectivity index (χ3v) is 6.96. The van der Waals surface area contributed by atoms with E-state index < -0.39 is 21.5 Å². The second-order valence-corrected chi connectivity index (χ2v) is 10.3. The Morgan fingerprint density at radius 3 is 2.47 bits per heavy atom. The normalized spacial score (nSPS) is 14.8. The van der Waals surface area contributed by atoms with Crippen LogP contribution in [-0.4, -0.2) is 50.5 Å². The summed E-state index contributed by atoms with van der Waals surface area (Å²) in [5, 5.41) is 2.96. The first kappa shape index (κ1) is 23.8. The molecule has 0 spiro atoms. The van der Waals surface area contributed by atoms with Gasteiger partial charge in [0, 0.05) is 32.8 Å². The van der Waals surface area contributed by atoms with Crippen LogP contribution in [-0.2, 0) is 21.4 Å². The van der Waals surface area contributed by atoms with Crippen LogP contribution in [0, 0.1) is 5.92 Å². The van der Waals surface area contributed by atoms with Crippen molar-refractivity contribution in [3.05, 3.63) is 52.4 Å². The topological polar surface area (TPSA) is 107 Å². The largest absolute Gasteiger partial charge is 0.490 e. The van der Waals surface area contributed by atoms with Gasteiger partial charge in [0.15, 0.2) is 11.5 Å². The molecular formula is C22H29N3O6S. The lowest BCUT2D eigenvalue weighted by Crippen LogP contribution is -2.36. The maximum atomic E-state index is 12.8. The lowest BCUT2D eigenvalue weighted by Gasteiger charge is -2.24. The van der Waals surface area contributed by atoms with Gasteiger partial charge in [-0.3, -0.25) is 9.59 Å². The number of carbonyl (C=O) groups excluding carboxylic acids is 1. The molecule has 0 aliphatic carbocycles. The number of pyridine rings is 1. The predicted molar refractivity (Wildman–Crippen MR) is 119 cm³/mol. The van der Waals surface area contributed by atoms with E-state index in [4.69, 9.17) is 9.47 Å². The van der Waals surface area contributed by atoms with E-state index in [0.717, 1.165) is 26.9 Å². The number of aromatic nitrogens is 1. The maximum absolute atomic E-state index is 12.8. The summed E-state index contributed by atoms with van der Waals surface area (Å²) in [5.41, 5.74) is 0.392. The summed E-state index contributed by atoms with van der Waals surface area (Å²) >= 11 is 0. The summed E-state index contributed by atoms with van der Waals surface area (Å²) in [7, 11) is -0.921. The Morgan fingerprint density at radius 1 is 1.12 bits per heavy atom. The molecule has 174 valence electrons. The molecule has 3 rings (SSSR count). The molecule has 1 aromatic carbocycles. The number of nitrogens with zero attached hydrogens (tertiary/aromatic N) is 2. The van der Waals surface area contributed by atoms with Crippen LogP contribution in [0.25, 0.3) is 0 Å². The molecule has 2 aromatic rings. The lowest BCUT2D eigenvalue weighted by molar-refractivity contribution is -0.122. The molecule has 32 heavy (non-hydrogen) atoms. The van der Waals surface area contributed by atoms with Gasteiger partial charge in [0.25, 0.3) is 5.56 Å². The second kappa shape index (κ2) is 9.74. The highest BCUT2D eigenvalue weighted by molar-refractivity contribution is 7.89. The molecule has 0 bridgehead atoms. The van der Waals surface area contributed by atoms with E-state index in [2.05, 4.69) is 5.32 Å². The van der Waals surface area contributed by atoms with Crippen molar-refractivity contribution in [3.8, 4) is 11.5 Å². The van der Waals surface area contributed by atoms with Crippen molar-refractivity contribution in [2.45, 2.75) is 37.8 Å². The van der Waals surface area contributed by atoms with Crippen molar-refractivity contribution in [3.63, 3.8) is 0 Å². The molecule has 9 nitrogen and oxygen atoms in total.